The van der Waals surface area contributed by atoms with Gasteiger partial charge in [0.2, 0.25) is 0 Å². The van der Waals surface area contributed by atoms with Crippen LogP contribution in [-0.4, -0.2) is 11.6 Å². The Hall–Kier alpha value is -0.660. The van der Waals surface area contributed by atoms with Crippen molar-refractivity contribution in [3.05, 3.63) is 0 Å². The number of rotatable bonds is 5. The first kappa shape index (κ1) is 17.2. The van der Waals surface area contributed by atoms with Gasteiger partial charge in [-0.3, -0.25) is 9.59 Å². The monoisotopic (exact) mass is 318 g/mol. The molecule has 0 bridgehead atoms. The Kier molecular flexibility index (Phi) is 5.93. The van der Waals surface area contributed by atoms with Crippen molar-refractivity contribution in [2.75, 3.05) is 0 Å². The number of carbonyl (C=O) groups excluding carboxylic acids is 2. The highest BCUT2D eigenvalue weighted by molar-refractivity contribution is 5.88. The molecule has 0 aromatic rings. The van der Waals surface area contributed by atoms with E-state index in [0.29, 0.717) is 24.4 Å². The molecule has 2 nitrogen and oxygen atoms in total. The first-order chi connectivity index (χ1) is 11.1. The fourth-order valence-corrected chi connectivity index (χ4v) is 5.40. The Labute approximate surface area is 141 Å². The molecule has 3 atom stereocenters. The molecule has 3 saturated carbocycles. The minimum Gasteiger partial charge on any atom is -0.299 e. The summed E-state index contributed by atoms with van der Waals surface area (Å²) in [6, 6.07) is 0. The van der Waals surface area contributed by atoms with E-state index in [1.54, 1.807) is 0 Å². The highest BCUT2D eigenvalue weighted by Crippen LogP contribution is 2.43. The predicted molar refractivity (Wildman–Crippen MR) is 93.2 cm³/mol. The molecule has 23 heavy (non-hydrogen) atoms. The lowest BCUT2D eigenvalue weighted by molar-refractivity contribution is -0.130. The molecule has 3 aliphatic carbocycles. The van der Waals surface area contributed by atoms with Crippen LogP contribution in [0.2, 0.25) is 0 Å². The Morgan fingerprint density at radius 3 is 1.96 bits per heavy atom. The number of fused-ring (bicyclic) bond motifs is 1. The van der Waals surface area contributed by atoms with Gasteiger partial charge in [0.05, 0.1) is 0 Å². The van der Waals surface area contributed by atoms with Crippen molar-refractivity contribution >= 4 is 11.6 Å². The molecule has 0 aromatic heterocycles. The fourth-order valence-electron chi connectivity index (χ4n) is 5.40. The molecular weight excluding hydrogens is 284 g/mol. The summed E-state index contributed by atoms with van der Waals surface area (Å²) in [6.45, 7) is 2.28. The van der Waals surface area contributed by atoms with Crippen LogP contribution < -0.4 is 0 Å². The van der Waals surface area contributed by atoms with Gasteiger partial charge in [-0.25, -0.2) is 0 Å². The Balaban J connectivity index is 1.41. The number of hydrogen-bond acceptors (Lipinski definition) is 2. The lowest BCUT2D eigenvalue weighted by Gasteiger charge is -2.38. The number of hydrogen-bond donors (Lipinski definition) is 0. The Morgan fingerprint density at radius 1 is 0.696 bits per heavy atom. The first-order valence-electron chi connectivity index (χ1n) is 10.2. The highest BCUT2D eigenvalue weighted by atomic mass is 16.1. The van der Waals surface area contributed by atoms with Gasteiger partial charge in [0.15, 0.2) is 0 Å². The maximum atomic E-state index is 12.6. The summed E-state index contributed by atoms with van der Waals surface area (Å²) in [5.41, 5.74) is 0. The van der Waals surface area contributed by atoms with Crippen LogP contribution in [0.4, 0.5) is 0 Å². The average Bonchev–Trinajstić information content (AvgIpc) is 2.59. The van der Waals surface area contributed by atoms with E-state index in [-0.39, 0.29) is 11.8 Å². The van der Waals surface area contributed by atoms with E-state index >= 15 is 0 Å². The van der Waals surface area contributed by atoms with Gasteiger partial charge in [0.1, 0.15) is 11.6 Å². The van der Waals surface area contributed by atoms with Gasteiger partial charge in [-0.1, -0.05) is 45.4 Å². The van der Waals surface area contributed by atoms with Crippen molar-refractivity contribution in [3.63, 3.8) is 0 Å². The average molecular weight is 319 g/mol. The Bertz CT molecular complexity index is 420. The standard InChI is InChI=1S/C21H34O2/c1-15-6-8-17(9-7-15)20(22)12-13-21(23)19-11-10-16-4-2-3-5-18(16)14-19/h15-19H,2-14H2,1H3. The minimum atomic E-state index is 0.257. The zero-order valence-electron chi connectivity index (χ0n) is 14.9. The second-order valence-electron chi connectivity index (χ2n) is 8.70. The van der Waals surface area contributed by atoms with Crippen molar-refractivity contribution in [3.8, 4) is 0 Å². The van der Waals surface area contributed by atoms with E-state index in [9.17, 15) is 9.59 Å². The lowest BCUT2D eigenvalue weighted by Crippen LogP contribution is -2.31. The first-order valence-corrected chi connectivity index (χ1v) is 10.2. The smallest absolute Gasteiger partial charge is 0.136 e. The predicted octanol–water partition coefficient (Wildman–Crippen LogP) is 5.34. The Morgan fingerprint density at radius 2 is 1.26 bits per heavy atom. The zero-order chi connectivity index (χ0) is 16.2. The van der Waals surface area contributed by atoms with Crippen molar-refractivity contribution in [1.82, 2.24) is 0 Å². The molecule has 0 aromatic carbocycles. The largest absolute Gasteiger partial charge is 0.299 e. The molecule has 3 aliphatic rings. The van der Waals surface area contributed by atoms with Gasteiger partial charge in [-0.2, -0.15) is 0 Å². The molecule has 3 unspecified atom stereocenters. The molecule has 0 amide bonds. The van der Waals surface area contributed by atoms with E-state index in [2.05, 4.69) is 6.92 Å². The normalized spacial score (nSPS) is 37.9. The zero-order valence-corrected chi connectivity index (χ0v) is 14.9. The fraction of sp³-hybridized carbons (Fsp3) is 0.905. The van der Waals surface area contributed by atoms with Gasteiger partial charge in [0, 0.05) is 24.7 Å². The third-order valence-corrected chi connectivity index (χ3v) is 7.08. The molecule has 0 aliphatic heterocycles. The number of ketones is 2. The molecule has 0 radical (unpaired) electrons. The van der Waals surface area contributed by atoms with Crippen molar-refractivity contribution < 1.29 is 9.59 Å². The number of carbonyl (C=O) groups is 2. The molecule has 0 N–H and O–H groups in total. The van der Waals surface area contributed by atoms with Gasteiger partial charge < -0.3 is 0 Å². The second-order valence-corrected chi connectivity index (χ2v) is 8.70. The van der Waals surface area contributed by atoms with Gasteiger partial charge in [-0.05, 0) is 49.9 Å². The molecule has 3 fully saturated rings. The third-order valence-electron chi connectivity index (χ3n) is 7.08. The summed E-state index contributed by atoms with van der Waals surface area (Å²) in [5.74, 6) is 3.79. The molecule has 130 valence electrons. The second kappa shape index (κ2) is 7.94. The molecule has 0 saturated heterocycles. The van der Waals surface area contributed by atoms with Crippen LogP contribution in [0, 0.1) is 29.6 Å². The summed E-state index contributed by atoms with van der Waals surface area (Å²) < 4.78 is 0. The molecule has 0 spiro atoms. The van der Waals surface area contributed by atoms with E-state index in [0.717, 1.165) is 43.4 Å². The highest BCUT2D eigenvalue weighted by Gasteiger charge is 2.35. The summed E-state index contributed by atoms with van der Waals surface area (Å²) in [4.78, 5) is 24.9. The summed E-state index contributed by atoms with van der Waals surface area (Å²) in [6.07, 6.45) is 14.5. The molecule has 0 heterocycles. The topological polar surface area (TPSA) is 34.1 Å². The van der Waals surface area contributed by atoms with E-state index in [1.807, 2.05) is 0 Å². The van der Waals surface area contributed by atoms with Gasteiger partial charge >= 0.3 is 0 Å². The van der Waals surface area contributed by atoms with Crippen LogP contribution in [0.3, 0.4) is 0 Å². The van der Waals surface area contributed by atoms with Crippen LogP contribution >= 0.6 is 0 Å². The summed E-state index contributed by atoms with van der Waals surface area (Å²) in [5, 5.41) is 0. The maximum absolute atomic E-state index is 12.6. The van der Waals surface area contributed by atoms with E-state index in [4.69, 9.17) is 0 Å². The quantitative estimate of drug-likeness (QED) is 0.686. The van der Waals surface area contributed by atoms with Gasteiger partial charge in [-0.15, -0.1) is 0 Å². The van der Waals surface area contributed by atoms with Crippen molar-refractivity contribution in [1.29, 1.82) is 0 Å². The van der Waals surface area contributed by atoms with Crippen LogP contribution in [0.1, 0.15) is 90.4 Å². The molecular formula is C21H34O2. The van der Waals surface area contributed by atoms with E-state index in [1.165, 1.54) is 44.9 Å². The van der Waals surface area contributed by atoms with Crippen molar-refractivity contribution in [2.24, 2.45) is 29.6 Å². The lowest BCUT2D eigenvalue weighted by atomic mass is 9.66. The SMILES string of the molecule is CC1CCC(C(=O)CCC(=O)C2CCC3CCCCC3C2)CC1. The van der Waals surface area contributed by atoms with Crippen LogP contribution in [0.5, 0.6) is 0 Å². The number of Topliss-reactive ketones (excluding diaryl/α,β-unsaturated/α-hetero) is 2. The summed E-state index contributed by atoms with van der Waals surface area (Å²) >= 11 is 0. The van der Waals surface area contributed by atoms with Gasteiger partial charge in [0.25, 0.3) is 0 Å². The molecule has 3 rings (SSSR count). The third kappa shape index (κ3) is 4.45. The molecule has 2 heteroatoms. The van der Waals surface area contributed by atoms with Crippen LogP contribution in [0.25, 0.3) is 0 Å². The summed E-state index contributed by atoms with van der Waals surface area (Å²) in [7, 11) is 0. The maximum Gasteiger partial charge on any atom is 0.136 e. The van der Waals surface area contributed by atoms with Crippen LogP contribution in [0.15, 0.2) is 0 Å². The van der Waals surface area contributed by atoms with Crippen LogP contribution in [-0.2, 0) is 9.59 Å². The van der Waals surface area contributed by atoms with Crippen molar-refractivity contribution in [2.45, 2.75) is 90.4 Å². The minimum absolute atomic E-state index is 0.257. The van der Waals surface area contributed by atoms with E-state index < -0.39 is 0 Å².